The summed E-state index contributed by atoms with van der Waals surface area (Å²) in [6, 6.07) is 1.93. The number of rotatable bonds is 8. The van der Waals surface area contributed by atoms with E-state index >= 15 is 0 Å². The Morgan fingerprint density at radius 1 is 1.00 bits per heavy atom. The first-order valence-corrected chi connectivity index (χ1v) is 7.43. The largest absolute Gasteiger partial charge is 0.298 e. The van der Waals surface area contributed by atoms with Crippen LogP contribution < -0.4 is 10.9 Å². The molecule has 0 atom stereocenters. The van der Waals surface area contributed by atoms with Crippen LogP contribution in [0.25, 0.3) is 0 Å². The van der Waals surface area contributed by atoms with E-state index in [1.807, 2.05) is 6.07 Å². The highest BCUT2D eigenvalue weighted by molar-refractivity contribution is 5.90. The van der Waals surface area contributed by atoms with Crippen LogP contribution in [0, 0.1) is 0 Å². The van der Waals surface area contributed by atoms with Gasteiger partial charge in [0.1, 0.15) is 11.5 Å². The number of aliphatic imine (C=N–C) groups is 1. The number of nitrogens with one attached hydrogen (secondary N) is 2. The van der Waals surface area contributed by atoms with E-state index in [-0.39, 0.29) is 12.4 Å². The van der Waals surface area contributed by atoms with E-state index in [9.17, 15) is 0 Å². The molecular weight excluding hydrogens is 272 g/mol. The normalized spacial score (nSPS) is 12.6. The molecule has 0 saturated carbocycles. The minimum atomic E-state index is 0. The van der Waals surface area contributed by atoms with Crippen LogP contribution in [0.15, 0.2) is 23.5 Å². The smallest absolute Gasteiger partial charge is 0.121 e. The van der Waals surface area contributed by atoms with Gasteiger partial charge in [-0.2, -0.15) is 0 Å². The van der Waals surface area contributed by atoms with Gasteiger partial charge in [0.2, 0.25) is 0 Å². The van der Waals surface area contributed by atoms with Crippen molar-refractivity contribution >= 4 is 29.6 Å². The molecule has 0 saturated heterocycles. The third kappa shape index (κ3) is 5.37. The molecule has 1 aliphatic rings. The van der Waals surface area contributed by atoms with Crippen LogP contribution in [0.5, 0.6) is 0 Å². The van der Waals surface area contributed by atoms with Gasteiger partial charge >= 0.3 is 0 Å². The number of hydrogen-bond acceptors (Lipinski definition) is 4. The minimum Gasteiger partial charge on any atom is -0.298 e. The monoisotopic (exact) mass is 296 g/mol. The van der Waals surface area contributed by atoms with Gasteiger partial charge < -0.3 is 0 Å². The molecule has 0 unspecified atom stereocenters. The molecule has 1 aromatic heterocycles. The van der Waals surface area contributed by atoms with Crippen LogP contribution in [0.3, 0.4) is 0 Å². The van der Waals surface area contributed by atoms with E-state index in [1.165, 1.54) is 44.9 Å². The second kappa shape index (κ2) is 9.59. The molecule has 0 bridgehead atoms. The summed E-state index contributed by atoms with van der Waals surface area (Å²) in [5, 5.41) is 0. The van der Waals surface area contributed by atoms with Crippen molar-refractivity contribution < 1.29 is 0 Å². The fraction of sp³-hybridized carbons (Fsp3) is 0.600. The van der Waals surface area contributed by atoms with Crippen molar-refractivity contribution in [2.24, 2.45) is 4.99 Å². The molecule has 2 heterocycles. The minimum absolute atomic E-state index is 0. The molecule has 0 fully saturated rings. The average Bonchev–Trinajstić information content (AvgIpc) is 2.46. The topological polar surface area (TPSA) is 49.3 Å². The maximum Gasteiger partial charge on any atom is 0.121 e. The lowest BCUT2D eigenvalue weighted by Gasteiger charge is -2.18. The Balaban J connectivity index is 0.00000200. The lowest BCUT2D eigenvalue weighted by molar-refractivity contribution is 0.594. The molecular formula is C15H25ClN4. The van der Waals surface area contributed by atoms with Crippen LogP contribution in [0.4, 0.5) is 11.4 Å². The number of pyridine rings is 1. The highest BCUT2D eigenvalue weighted by atomic mass is 35.5. The third-order valence-corrected chi connectivity index (χ3v) is 3.41. The molecule has 4 nitrogen and oxygen atoms in total. The number of hydrazine groups is 1. The van der Waals surface area contributed by atoms with E-state index in [0.717, 1.165) is 23.6 Å². The van der Waals surface area contributed by atoms with Gasteiger partial charge in [0, 0.05) is 12.6 Å². The average molecular weight is 297 g/mol. The molecule has 2 rings (SSSR count). The van der Waals surface area contributed by atoms with Crippen LogP contribution >= 0.6 is 12.4 Å². The Hall–Kier alpha value is -1.29. The van der Waals surface area contributed by atoms with Crippen LogP contribution in [-0.4, -0.2) is 10.8 Å². The third-order valence-electron chi connectivity index (χ3n) is 3.41. The van der Waals surface area contributed by atoms with Gasteiger partial charge in [-0.1, -0.05) is 45.4 Å². The van der Waals surface area contributed by atoms with Gasteiger partial charge in [0.25, 0.3) is 0 Å². The lowest BCUT2D eigenvalue weighted by Crippen LogP contribution is -2.31. The molecule has 20 heavy (non-hydrogen) atoms. The summed E-state index contributed by atoms with van der Waals surface area (Å²) < 4.78 is 0. The first-order chi connectivity index (χ1) is 9.40. The molecule has 0 spiro atoms. The molecule has 0 amide bonds. The fourth-order valence-corrected chi connectivity index (χ4v) is 2.26. The molecule has 1 aliphatic heterocycles. The van der Waals surface area contributed by atoms with Crippen LogP contribution in [0.2, 0.25) is 0 Å². The van der Waals surface area contributed by atoms with Crippen molar-refractivity contribution in [3.63, 3.8) is 0 Å². The molecule has 2 N–H and O–H groups in total. The SMILES string of the molecule is CCCCCCCCCC1=Nc2cnccc2NN1.Cl. The predicted molar refractivity (Wildman–Crippen MR) is 87.9 cm³/mol. The first kappa shape index (κ1) is 16.8. The second-order valence-corrected chi connectivity index (χ2v) is 5.07. The van der Waals surface area contributed by atoms with Gasteiger partial charge in [-0.25, -0.2) is 4.99 Å². The van der Waals surface area contributed by atoms with Gasteiger partial charge in [0.15, 0.2) is 0 Å². The summed E-state index contributed by atoms with van der Waals surface area (Å²) in [5.41, 5.74) is 8.25. The maximum absolute atomic E-state index is 4.57. The Morgan fingerprint density at radius 3 is 2.55 bits per heavy atom. The summed E-state index contributed by atoms with van der Waals surface area (Å²) in [7, 11) is 0. The van der Waals surface area contributed by atoms with E-state index in [4.69, 9.17) is 0 Å². The molecule has 5 heteroatoms. The van der Waals surface area contributed by atoms with E-state index in [2.05, 4.69) is 27.8 Å². The highest BCUT2D eigenvalue weighted by Crippen LogP contribution is 2.25. The molecule has 0 aromatic carbocycles. The zero-order chi connectivity index (χ0) is 13.3. The summed E-state index contributed by atoms with van der Waals surface area (Å²) >= 11 is 0. The van der Waals surface area contributed by atoms with Gasteiger partial charge in [-0.3, -0.25) is 15.8 Å². The number of anilines is 1. The van der Waals surface area contributed by atoms with E-state index in [0.29, 0.717) is 0 Å². The summed E-state index contributed by atoms with van der Waals surface area (Å²) in [5.74, 6) is 1.02. The summed E-state index contributed by atoms with van der Waals surface area (Å²) in [6.45, 7) is 2.26. The Morgan fingerprint density at radius 2 is 1.75 bits per heavy atom. The van der Waals surface area contributed by atoms with Crippen molar-refractivity contribution in [1.82, 2.24) is 10.4 Å². The molecule has 0 radical (unpaired) electrons. The molecule has 0 aliphatic carbocycles. The van der Waals surface area contributed by atoms with Gasteiger partial charge in [-0.15, -0.1) is 12.4 Å². The van der Waals surface area contributed by atoms with Crippen LogP contribution in [-0.2, 0) is 0 Å². The standard InChI is InChI=1S/C15H24N4.ClH/c1-2-3-4-5-6-7-8-9-15-17-14-12-16-11-10-13(14)18-19-15;/h10-12,18H,2-9H2,1H3,(H,17,19);1H. The fourth-order valence-electron chi connectivity index (χ4n) is 2.26. The van der Waals surface area contributed by atoms with Crippen LogP contribution in [0.1, 0.15) is 58.3 Å². The number of amidine groups is 1. The molecule has 1 aromatic rings. The zero-order valence-electron chi connectivity index (χ0n) is 12.2. The number of aromatic nitrogens is 1. The lowest BCUT2D eigenvalue weighted by atomic mass is 10.1. The Labute approximate surface area is 127 Å². The predicted octanol–water partition coefficient (Wildman–Crippen LogP) is 4.60. The van der Waals surface area contributed by atoms with Gasteiger partial charge in [-0.05, 0) is 12.5 Å². The number of nitrogens with zero attached hydrogens (tertiary/aromatic N) is 2. The van der Waals surface area contributed by atoms with Crippen molar-refractivity contribution in [2.45, 2.75) is 58.3 Å². The number of halogens is 1. The van der Waals surface area contributed by atoms with Crippen molar-refractivity contribution in [1.29, 1.82) is 0 Å². The second-order valence-electron chi connectivity index (χ2n) is 5.07. The molecule has 112 valence electrons. The van der Waals surface area contributed by atoms with Crippen molar-refractivity contribution in [3.05, 3.63) is 18.5 Å². The maximum atomic E-state index is 4.57. The number of hydrogen-bond donors (Lipinski definition) is 2. The van der Waals surface area contributed by atoms with Gasteiger partial charge in [0.05, 0.1) is 11.9 Å². The summed E-state index contributed by atoms with van der Waals surface area (Å²) in [6.07, 6.45) is 13.9. The van der Waals surface area contributed by atoms with Crippen molar-refractivity contribution in [3.8, 4) is 0 Å². The Bertz CT molecular complexity index is 420. The van der Waals surface area contributed by atoms with E-state index < -0.39 is 0 Å². The quantitative estimate of drug-likeness (QED) is 0.689. The van der Waals surface area contributed by atoms with E-state index in [1.54, 1.807) is 12.4 Å². The number of fused-ring (bicyclic) bond motifs is 1. The number of unbranched alkanes of at least 4 members (excludes halogenated alkanes) is 6. The first-order valence-electron chi connectivity index (χ1n) is 7.43. The zero-order valence-corrected chi connectivity index (χ0v) is 13.0. The van der Waals surface area contributed by atoms with Crippen molar-refractivity contribution in [2.75, 3.05) is 5.43 Å². The highest BCUT2D eigenvalue weighted by Gasteiger charge is 2.09. The summed E-state index contributed by atoms with van der Waals surface area (Å²) in [4.78, 5) is 8.67. The Kier molecular flexibility index (Phi) is 8.04.